The van der Waals surface area contributed by atoms with Gasteiger partial charge in [-0.05, 0) is 6.42 Å². The molecule has 2 atom stereocenters. The summed E-state index contributed by atoms with van der Waals surface area (Å²) in [5.41, 5.74) is -1.40. The van der Waals surface area contributed by atoms with Gasteiger partial charge in [-0.15, -0.1) is 0 Å². The van der Waals surface area contributed by atoms with Crippen LogP contribution in [0.1, 0.15) is 25.3 Å². The number of esters is 1. The molecular weight excluding hydrogens is 262 g/mol. The molecule has 1 N–H and O–H groups in total. The third-order valence-corrected chi connectivity index (χ3v) is 3.73. The lowest BCUT2D eigenvalue weighted by molar-refractivity contribution is -0.385. The quantitative estimate of drug-likeness (QED) is 0.504. The maximum atomic E-state index is 11.8. The molecule has 1 aromatic rings. The zero-order chi connectivity index (χ0) is 14.8. The van der Waals surface area contributed by atoms with Gasteiger partial charge in [-0.2, -0.15) is 0 Å². The van der Waals surface area contributed by atoms with E-state index in [1.54, 1.807) is 18.2 Å². The minimum atomic E-state index is -1.66. The van der Waals surface area contributed by atoms with Gasteiger partial charge in [-0.25, -0.2) is 4.79 Å². The molecule has 6 heteroatoms. The minimum Gasteiger partial charge on any atom is -0.463 e. The van der Waals surface area contributed by atoms with Crippen LogP contribution in [0.15, 0.2) is 24.3 Å². The number of carbonyl (C=O) groups excluding carboxylic acids is 1. The SMILES string of the molecule is CCC[C@@H]1COC(=O)[C@]1(O)Cc1ccccc1[N+](=O)[O-]. The van der Waals surface area contributed by atoms with Gasteiger partial charge in [0.05, 0.1) is 11.5 Å². The van der Waals surface area contributed by atoms with Crippen molar-refractivity contribution < 1.29 is 19.6 Å². The van der Waals surface area contributed by atoms with E-state index < -0.39 is 16.5 Å². The summed E-state index contributed by atoms with van der Waals surface area (Å²) in [6.07, 6.45) is 1.36. The van der Waals surface area contributed by atoms with Crippen molar-refractivity contribution in [2.75, 3.05) is 6.61 Å². The fraction of sp³-hybridized carbons (Fsp3) is 0.500. The van der Waals surface area contributed by atoms with Crippen LogP contribution in [0.5, 0.6) is 0 Å². The van der Waals surface area contributed by atoms with Gasteiger partial charge in [0.2, 0.25) is 0 Å². The van der Waals surface area contributed by atoms with E-state index in [2.05, 4.69) is 0 Å². The topological polar surface area (TPSA) is 89.7 Å². The maximum Gasteiger partial charge on any atom is 0.338 e. The Hall–Kier alpha value is -1.95. The Balaban J connectivity index is 2.32. The predicted octanol–water partition coefficient (Wildman–Crippen LogP) is 1.84. The summed E-state index contributed by atoms with van der Waals surface area (Å²) < 4.78 is 4.95. The van der Waals surface area contributed by atoms with Gasteiger partial charge < -0.3 is 9.84 Å². The highest BCUT2D eigenvalue weighted by atomic mass is 16.6. The number of nitro groups is 1. The Labute approximate surface area is 116 Å². The number of rotatable bonds is 5. The van der Waals surface area contributed by atoms with Crippen LogP contribution in [0.2, 0.25) is 0 Å². The van der Waals surface area contributed by atoms with Gasteiger partial charge in [0.15, 0.2) is 5.60 Å². The standard InChI is InChI=1S/C14H17NO5/c1-2-5-11-9-20-13(16)14(11,17)8-10-6-3-4-7-12(10)15(18)19/h3-4,6-7,11,17H,2,5,8-9H2,1H3/t11-,14+/m1/s1. The van der Waals surface area contributed by atoms with E-state index in [0.717, 1.165) is 6.42 Å². The number of cyclic esters (lactones) is 1. The molecule has 0 radical (unpaired) electrons. The van der Waals surface area contributed by atoms with E-state index in [9.17, 15) is 20.0 Å². The molecule has 1 aliphatic rings. The summed E-state index contributed by atoms with van der Waals surface area (Å²) in [6, 6.07) is 6.14. The van der Waals surface area contributed by atoms with Gasteiger partial charge >= 0.3 is 5.97 Å². The molecule has 0 spiro atoms. The molecule has 6 nitrogen and oxygen atoms in total. The second-order valence-corrected chi connectivity index (χ2v) is 5.07. The van der Waals surface area contributed by atoms with Gasteiger partial charge in [-0.1, -0.05) is 31.5 Å². The van der Waals surface area contributed by atoms with Crippen LogP contribution in [-0.4, -0.2) is 28.2 Å². The van der Waals surface area contributed by atoms with Crippen LogP contribution >= 0.6 is 0 Å². The van der Waals surface area contributed by atoms with E-state index in [0.29, 0.717) is 12.0 Å². The van der Waals surface area contributed by atoms with Crippen molar-refractivity contribution in [2.45, 2.75) is 31.8 Å². The first-order valence-corrected chi connectivity index (χ1v) is 6.61. The van der Waals surface area contributed by atoms with Crippen LogP contribution in [0, 0.1) is 16.0 Å². The number of hydrogen-bond acceptors (Lipinski definition) is 5. The first-order valence-electron chi connectivity index (χ1n) is 6.61. The van der Waals surface area contributed by atoms with Crippen LogP contribution in [0.25, 0.3) is 0 Å². The zero-order valence-electron chi connectivity index (χ0n) is 11.2. The van der Waals surface area contributed by atoms with Crippen molar-refractivity contribution in [1.82, 2.24) is 0 Å². The Morgan fingerprint density at radius 1 is 1.50 bits per heavy atom. The summed E-state index contributed by atoms with van der Waals surface area (Å²) in [7, 11) is 0. The van der Waals surface area contributed by atoms with Crippen LogP contribution < -0.4 is 0 Å². The third kappa shape index (κ3) is 2.51. The fourth-order valence-corrected chi connectivity index (χ4v) is 2.62. The number of nitro benzene ring substituents is 1. The smallest absolute Gasteiger partial charge is 0.338 e. The molecule has 108 valence electrons. The molecule has 0 bridgehead atoms. The number of hydrogen-bond donors (Lipinski definition) is 1. The molecule has 0 aliphatic carbocycles. The fourth-order valence-electron chi connectivity index (χ4n) is 2.62. The summed E-state index contributed by atoms with van der Waals surface area (Å²) in [5.74, 6) is -1.01. The second kappa shape index (κ2) is 5.58. The Kier molecular flexibility index (Phi) is 4.04. The van der Waals surface area contributed by atoms with Crippen molar-refractivity contribution >= 4 is 11.7 Å². The van der Waals surface area contributed by atoms with Crippen LogP contribution in [0.3, 0.4) is 0 Å². The van der Waals surface area contributed by atoms with Crippen LogP contribution in [0.4, 0.5) is 5.69 Å². The molecule has 0 saturated carbocycles. The Morgan fingerprint density at radius 2 is 2.20 bits per heavy atom. The summed E-state index contributed by atoms with van der Waals surface area (Å²) in [6.45, 7) is 2.12. The van der Waals surface area contributed by atoms with E-state index in [-0.39, 0.29) is 24.6 Å². The highest BCUT2D eigenvalue weighted by Crippen LogP contribution is 2.35. The zero-order valence-corrected chi connectivity index (χ0v) is 11.2. The average Bonchev–Trinajstić information content (AvgIpc) is 2.68. The molecule has 1 saturated heterocycles. The van der Waals surface area contributed by atoms with Crippen molar-refractivity contribution in [3.05, 3.63) is 39.9 Å². The normalized spacial score (nSPS) is 25.5. The first-order chi connectivity index (χ1) is 9.49. The van der Waals surface area contributed by atoms with E-state index in [1.807, 2.05) is 6.92 Å². The lowest BCUT2D eigenvalue weighted by Crippen LogP contribution is -2.43. The van der Waals surface area contributed by atoms with E-state index in [4.69, 9.17) is 4.74 Å². The molecule has 0 unspecified atom stereocenters. The van der Waals surface area contributed by atoms with E-state index in [1.165, 1.54) is 6.07 Å². The highest BCUT2D eigenvalue weighted by molar-refractivity contribution is 5.82. The molecule has 20 heavy (non-hydrogen) atoms. The summed E-state index contributed by atoms with van der Waals surface area (Å²) in [4.78, 5) is 22.3. The van der Waals surface area contributed by atoms with Crippen molar-refractivity contribution in [2.24, 2.45) is 5.92 Å². The lowest BCUT2D eigenvalue weighted by Gasteiger charge is -2.24. The molecule has 2 rings (SSSR count). The molecule has 1 aliphatic heterocycles. The number of aliphatic hydroxyl groups is 1. The molecule has 1 heterocycles. The van der Waals surface area contributed by atoms with Crippen molar-refractivity contribution in [3.8, 4) is 0 Å². The molecule has 1 aromatic carbocycles. The van der Waals surface area contributed by atoms with Gasteiger partial charge in [0.25, 0.3) is 5.69 Å². The number of nitrogens with zero attached hydrogens (tertiary/aromatic N) is 1. The molecule has 1 fully saturated rings. The summed E-state index contributed by atoms with van der Waals surface area (Å²) in [5, 5.41) is 21.6. The van der Waals surface area contributed by atoms with Gasteiger partial charge in [-0.3, -0.25) is 10.1 Å². The van der Waals surface area contributed by atoms with Crippen molar-refractivity contribution in [1.29, 1.82) is 0 Å². The highest BCUT2D eigenvalue weighted by Gasteiger charge is 2.51. The summed E-state index contributed by atoms with van der Waals surface area (Å²) >= 11 is 0. The van der Waals surface area contributed by atoms with E-state index >= 15 is 0 Å². The lowest BCUT2D eigenvalue weighted by atomic mass is 9.81. The monoisotopic (exact) mass is 279 g/mol. The van der Waals surface area contributed by atoms with Gasteiger partial charge in [0, 0.05) is 24.0 Å². The number of para-hydroxylation sites is 1. The van der Waals surface area contributed by atoms with Crippen LogP contribution in [-0.2, 0) is 16.0 Å². The largest absolute Gasteiger partial charge is 0.463 e. The molecular formula is C14H17NO5. The number of ether oxygens (including phenoxy) is 1. The molecule has 0 aromatic heterocycles. The third-order valence-electron chi connectivity index (χ3n) is 3.73. The molecule has 0 amide bonds. The van der Waals surface area contributed by atoms with Crippen molar-refractivity contribution in [3.63, 3.8) is 0 Å². The maximum absolute atomic E-state index is 11.8. The number of benzene rings is 1. The Morgan fingerprint density at radius 3 is 2.85 bits per heavy atom. The first kappa shape index (κ1) is 14.5. The average molecular weight is 279 g/mol. The number of carbonyl (C=O) groups is 1. The van der Waals surface area contributed by atoms with Gasteiger partial charge in [0.1, 0.15) is 0 Å². The predicted molar refractivity (Wildman–Crippen MR) is 71.1 cm³/mol. The Bertz CT molecular complexity index is 530. The second-order valence-electron chi connectivity index (χ2n) is 5.07. The minimum absolute atomic E-state index is 0.0872.